The first kappa shape index (κ1) is 11.2. The normalized spacial score (nSPS) is 21.9. The van der Waals surface area contributed by atoms with Crippen LogP contribution in [0.2, 0.25) is 0 Å². The van der Waals surface area contributed by atoms with E-state index in [-0.39, 0.29) is 17.0 Å². The molecule has 0 spiro atoms. The fraction of sp³-hybridized carbons (Fsp3) is 0.167. The number of amides is 1. The maximum absolute atomic E-state index is 11.5. The van der Waals surface area contributed by atoms with Gasteiger partial charge in [-0.25, -0.2) is 4.79 Å². The van der Waals surface area contributed by atoms with E-state index in [2.05, 4.69) is 0 Å². The molecule has 3 N–H and O–H groups in total. The van der Waals surface area contributed by atoms with E-state index in [1.165, 1.54) is 16.7 Å². The molecule has 1 fully saturated rings. The van der Waals surface area contributed by atoms with Crippen LogP contribution in [0.1, 0.15) is 12.0 Å². The molecule has 1 atom stereocenters. The molecule has 1 saturated heterocycles. The number of β-lactam (4-membered cyclic amide) rings is 1. The van der Waals surface area contributed by atoms with E-state index in [0.29, 0.717) is 17.0 Å². The molecule has 18 heavy (non-hydrogen) atoms. The topological polar surface area (TPSA) is 83.6 Å². The van der Waals surface area contributed by atoms with Gasteiger partial charge in [0.25, 0.3) is 0 Å². The van der Waals surface area contributed by atoms with Crippen molar-refractivity contribution < 1.29 is 14.7 Å². The fourth-order valence-corrected chi connectivity index (χ4v) is 3.49. The van der Waals surface area contributed by atoms with Gasteiger partial charge in [0, 0.05) is 10.6 Å². The maximum atomic E-state index is 11.5. The van der Waals surface area contributed by atoms with Crippen molar-refractivity contribution in [2.45, 2.75) is 11.8 Å². The van der Waals surface area contributed by atoms with Crippen molar-refractivity contribution in [2.75, 3.05) is 5.73 Å². The molecule has 1 amide bonds. The highest BCUT2D eigenvalue weighted by Crippen LogP contribution is 2.50. The van der Waals surface area contributed by atoms with Crippen LogP contribution in [-0.2, 0) is 9.59 Å². The van der Waals surface area contributed by atoms with Crippen LogP contribution in [0.4, 0.5) is 5.69 Å². The second-order valence-electron chi connectivity index (χ2n) is 4.15. The first-order valence-corrected chi connectivity index (χ1v) is 6.28. The van der Waals surface area contributed by atoms with Gasteiger partial charge in [0.1, 0.15) is 5.70 Å². The number of nitrogens with two attached hydrogens (primary N) is 1. The van der Waals surface area contributed by atoms with Crippen LogP contribution < -0.4 is 5.73 Å². The van der Waals surface area contributed by atoms with E-state index in [4.69, 9.17) is 5.73 Å². The predicted octanol–water partition coefficient (Wildman–Crippen LogP) is 1.33. The molecule has 0 radical (unpaired) electrons. The molecule has 0 unspecified atom stereocenters. The summed E-state index contributed by atoms with van der Waals surface area (Å²) >= 11 is 1.42. The number of carbonyl (C=O) groups excluding carboxylic acids is 1. The number of aliphatic carboxylic acids is 1. The molecule has 0 saturated carbocycles. The second kappa shape index (κ2) is 3.78. The third-order valence-electron chi connectivity index (χ3n) is 2.99. The first-order valence-electron chi connectivity index (χ1n) is 5.40. The van der Waals surface area contributed by atoms with Gasteiger partial charge in [0.05, 0.1) is 11.8 Å². The quantitative estimate of drug-likeness (QED) is 0.620. The smallest absolute Gasteiger partial charge is 0.353 e. The number of anilines is 1. The molecular formula is C12H10N2O3S. The lowest BCUT2D eigenvalue weighted by Crippen LogP contribution is -2.48. The number of nitrogen functional groups attached to an aromatic ring is 1. The van der Waals surface area contributed by atoms with Crippen LogP contribution in [0.15, 0.2) is 30.0 Å². The predicted molar refractivity (Wildman–Crippen MR) is 68.3 cm³/mol. The Bertz CT molecular complexity index is 579. The van der Waals surface area contributed by atoms with Crippen molar-refractivity contribution in [3.8, 4) is 0 Å². The molecule has 1 aromatic carbocycles. The molecule has 92 valence electrons. The third kappa shape index (κ3) is 1.49. The summed E-state index contributed by atoms with van der Waals surface area (Å²) in [6.45, 7) is 0. The lowest BCUT2D eigenvalue weighted by Gasteiger charge is -2.33. The molecule has 0 bridgehead atoms. The van der Waals surface area contributed by atoms with E-state index >= 15 is 0 Å². The molecule has 5 nitrogen and oxygen atoms in total. The van der Waals surface area contributed by atoms with Gasteiger partial charge in [-0.05, 0) is 17.7 Å². The largest absolute Gasteiger partial charge is 0.477 e. The zero-order chi connectivity index (χ0) is 12.9. The number of carboxylic acid groups (broad SMARTS) is 1. The van der Waals surface area contributed by atoms with E-state index in [1.807, 2.05) is 0 Å². The van der Waals surface area contributed by atoms with Gasteiger partial charge in [-0.15, -0.1) is 0 Å². The average Bonchev–Trinajstić information content (AvgIpc) is 2.63. The van der Waals surface area contributed by atoms with Gasteiger partial charge in [-0.1, -0.05) is 23.9 Å². The maximum Gasteiger partial charge on any atom is 0.353 e. The molecule has 2 aliphatic rings. The Balaban J connectivity index is 2.08. The fourth-order valence-electron chi connectivity index (χ4n) is 2.09. The van der Waals surface area contributed by atoms with E-state index in [9.17, 15) is 14.7 Å². The summed E-state index contributed by atoms with van der Waals surface area (Å²) < 4.78 is 0. The van der Waals surface area contributed by atoms with Crippen LogP contribution in [0.5, 0.6) is 0 Å². The molecule has 2 aliphatic heterocycles. The van der Waals surface area contributed by atoms with Gasteiger partial charge in [-0.2, -0.15) is 0 Å². The highest BCUT2D eigenvalue weighted by Gasteiger charge is 2.48. The van der Waals surface area contributed by atoms with Crippen molar-refractivity contribution in [1.29, 1.82) is 0 Å². The van der Waals surface area contributed by atoms with E-state index < -0.39 is 5.97 Å². The molecular weight excluding hydrogens is 252 g/mol. The average molecular weight is 262 g/mol. The highest BCUT2D eigenvalue weighted by atomic mass is 32.2. The Morgan fingerprint density at radius 1 is 1.39 bits per heavy atom. The van der Waals surface area contributed by atoms with Crippen LogP contribution in [0, 0.1) is 0 Å². The third-order valence-corrected chi connectivity index (χ3v) is 4.31. The summed E-state index contributed by atoms with van der Waals surface area (Å²) in [4.78, 5) is 24.7. The molecule has 0 aromatic heterocycles. The van der Waals surface area contributed by atoms with Crippen LogP contribution in [0.25, 0.3) is 4.91 Å². The van der Waals surface area contributed by atoms with Gasteiger partial charge in [-0.3, -0.25) is 9.69 Å². The summed E-state index contributed by atoms with van der Waals surface area (Å²) in [5, 5.41) is 9.19. The molecule has 1 aromatic rings. The van der Waals surface area contributed by atoms with Crippen molar-refractivity contribution in [3.05, 3.63) is 35.5 Å². The van der Waals surface area contributed by atoms with Gasteiger partial charge < -0.3 is 10.8 Å². The number of carbonyl (C=O) groups is 2. The number of thioether (sulfide) groups is 1. The molecule has 0 aliphatic carbocycles. The Hall–Kier alpha value is -1.95. The zero-order valence-corrected chi connectivity index (χ0v) is 10.1. The zero-order valence-electron chi connectivity index (χ0n) is 9.29. The second-order valence-corrected chi connectivity index (χ2v) is 5.33. The van der Waals surface area contributed by atoms with Crippen LogP contribution >= 0.6 is 11.8 Å². The van der Waals surface area contributed by atoms with Crippen molar-refractivity contribution in [2.24, 2.45) is 0 Å². The van der Waals surface area contributed by atoms with Gasteiger partial charge in [0.15, 0.2) is 0 Å². The summed E-state index contributed by atoms with van der Waals surface area (Å²) in [6.07, 6.45) is 0.403. The van der Waals surface area contributed by atoms with E-state index in [0.717, 1.165) is 5.56 Å². The van der Waals surface area contributed by atoms with Crippen LogP contribution in [-0.4, -0.2) is 27.3 Å². The molecule has 6 heteroatoms. The Morgan fingerprint density at radius 2 is 2.06 bits per heavy atom. The number of nitrogens with zero attached hydrogens (tertiary/aromatic N) is 1. The van der Waals surface area contributed by atoms with Crippen molar-refractivity contribution in [1.82, 2.24) is 4.90 Å². The number of fused-ring (bicyclic) bond motifs is 1. The first-order chi connectivity index (χ1) is 8.58. The standard InChI is InChI=1S/C12H10N2O3S/c13-7-3-1-6(2-4-7)11-10(12(16)17)14-8(15)5-9(14)18-11/h1-4,9H,5,13H2,(H,16,17)/t9-/m0/s1. The number of rotatable bonds is 2. The van der Waals surface area contributed by atoms with Crippen molar-refractivity contribution in [3.63, 3.8) is 0 Å². The van der Waals surface area contributed by atoms with Gasteiger partial charge >= 0.3 is 5.97 Å². The minimum absolute atomic E-state index is 0.0591. The SMILES string of the molecule is Nc1ccc(C2=C(C(=O)O)N3C(=O)C[C@@H]3S2)cc1. The Kier molecular flexibility index (Phi) is 2.34. The number of hydrogen-bond acceptors (Lipinski definition) is 4. The van der Waals surface area contributed by atoms with Crippen LogP contribution in [0.3, 0.4) is 0 Å². The van der Waals surface area contributed by atoms with E-state index in [1.54, 1.807) is 24.3 Å². The summed E-state index contributed by atoms with van der Waals surface area (Å²) in [6, 6.07) is 6.99. The number of carboxylic acids is 1. The summed E-state index contributed by atoms with van der Waals surface area (Å²) in [5.74, 6) is -1.19. The van der Waals surface area contributed by atoms with Crippen molar-refractivity contribution >= 4 is 34.2 Å². The van der Waals surface area contributed by atoms with Gasteiger partial charge in [0.2, 0.25) is 5.91 Å². The molecule has 3 rings (SSSR count). The summed E-state index contributed by atoms with van der Waals surface area (Å²) in [5.41, 5.74) is 7.10. The summed E-state index contributed by atoms with van der Waals surface area (Å²) in [7, 11) is 0. The number of hydrogen-bond donors (Lipinski definition) is 2. The minimum Gasteiger partial charge on any atom is -0.477 e. The Morgan fingerprint density at radius 3 is 2.61 bits per heavy atom. The molecule has 2 heterocycles. The lowest BCUT2D eigenvalue weighted by atomic mass is 10.1. The monoisotopic (exact) mass is 262 g/mol. The minimum atomic E-state index is -1.06. The Labute approximate surface area is 107 Å². The number of benzene rings is 1. The lowest BCUT2D eigenvalue weighted by molar-refractivity contribution is -0.145. The highest BCUT2D eigenvalue weighted by molar-refractivity contribution is 8.09.